The molecule has 0 fully saturated rings. The van der Waals surface area contributed by atoms with Crippen molar-refractivity contribution >= 4 is 0 Å². The summed E-state index contributed by atoms with van der Waals surface area (Å²) < 4.78 is 0. The van der Waals surface area contributed by atoms with Crippen molar-refractivity contribution in [2.24, 2.45) is 0 Å². The van der Waals surface area contributed by atoms with Crippen molar-refractivity contribution in [2.45, 2.75) is 0 Å². The summed E-state index contributed by atoms with van der Waals surface area (Å²) in [5, 5.41) is 0. The standard InChI is InChI=1S/C2H4.2H3N.2Na.2H/c1-2;;;;;;/h1-2H2;2*1H3;;;;/q;;;2*+1;2*-1. The Morgan fingerprint density at radius 2 is 0.833 bits per heavy atom. The molecule has 0 aromatic heterocycles. The molecule has 0 aromatic carbocycles. The van der Waals surface area contributed by atoms with Gasteiger partial charge in [0.25, 0.3) is 0 Å². The second-order valence-electron chi connectivity index (χ2n) is 0. The summed E-state index contributed by atoms with van der Waals surface area (Å²) in [6.45, 7) is 6.00. The maximum absolute atomic E-state index is 3.00. The molecular weight excluding hydrogens is 98.0 g/mol. The summed E-state index contributed by atoms with van der Waals surface area (Å²) >= 11 is 0. The predicted octanol–water partition coefficient (Wildman–Crippen LogP) is -4.64. The quantitative estimate of drug-likeness (QED) is 0.243. The monoisotopic (exact) mass is 110 g/mol. The number of hydrogen-bond acceptors (Lipinski definition) is 2. The van der Waals surface area contributed by atoms with E-state index in [0.29, 0.717) is 0 Å². The molecule has 0 bridgehead atoms. The van der Waals surface area contributed by atoms with Gasteiger partial charge in [-0.3, -0.25) is 0 Å². The summed E-state index contributed by atoms with van der Waals surface area (Å²) in [6, 6.07) is 0. The van der Waals surface area contributed by atoms with Crippen LogP contribution >= 0.6 is 0 Å². The molecule has 0 spiro atoms. The van der Waals surface area contributed by atoms with E-state index in [4.69, 9.17) is 0 Å². The first-order chi connectivity index (χ1) is 1.00. The first-order valence-electron chi connectivity index (χ1n) is 0.500. The predicted molar refractivity (Wildman–Crippen MR) is 23.5 cm³/mol. The van der Waals surface area contributed by atoms with Crippen molar-refractivity contribution in [3.63, 3.8) is 0 Å². The molecule has 32 valence electrons. The topological polar surface area (TPSA) is 70.0 Å². The van der Waals surface area contributed by atoms with Crippen molar-refractivity contribution in [1.29, 1.82) is 0 Å². The number of hydrogen-bond donors (Lipinski definition) is 2. The summed E-state index contributed by atoms with van der Waals surface area (Å²) in [5.41, 5.74) is 0. The van der Waals surface area contributed by atoms with Gasteiger partial charge < -0.3 is 15.2 Å². The average molecular weight is 110 g/mol. The zero-order chi connectivity index (χ0) is 2.00. The van der Waals surface area contributed by atoms with E-state index in [2.05, 4.69) is 13.2 Å². The molecule has 6 heavy (non-hydrogen) atoms. The van der Waals surface area contributed by atoms with Crippen LogP contribution in [0.3, 0.4) is 0 Å². The third-order valence-corrected chi connectivity index (χ3v) is 0. The van der Waals surface area contributed by atoms with Crippen molar-refractivity contribution in [1.82, 2.24) is 12.3 Å². The van der Waals surface area contributed by atoms with E-state index in [1.807, 2.05) is 0 Å². The molecule has 0 saturated heterocycles. The summed E-state index contributed by atoms with van der Waals surface area (Å²) in [7, 11) is 0. The molecule has 4 heteroatoms. The molecule has 0 atom stereocenters. The van der Waals surface area contributed by atoms with E-state index in [0.717, 1.165) is 0 Å². The van der Waals surface area contributed by atoms with E-state index < -0.39 is 0 Å². The molecular formula is C2H12N2Na2. The molecule has 0 amide bonds. The second-order valence-corrected chi connectivity index (χ2v) is 0. The first-order valence-corrected chi connectivity index (χ1v) is 0.500. The Morgan fingerprint density at radius 3 is 0.833 bits per heavy atom. The fraction of sp³-hybridized carbons (Fsp3) is 0. The van der Waals surface area contributed by atoms with Gasteiger partial charge in [-0.25, -0.2) is 0 Å². The zero-order valence-electron chi connectivity index (χ0n) is 6.83. The van der Waals surface area contributed by atoms with Gasteiger partial charge in [-0.1, -0.05) is 0 Å². The molecule has 0 heterocycles. The van der Waals surface area contributed by atoms with Crippen molar-refractivity contribution in [3.05, 3.63) is 13.2 Å². The Hall–Kier alpha value is 1.66. The Bertz CT molecular complexity index is 16.0. The molecule has 0 aromatic rings. The van der Waals surface area contributed by atoms with Crippen LogP contribution in [0, 0.1) is 0 Å². The average Bonchev–Trinajstić information content (AvgIpc) is 1.00. The SMILES string of the molecule is C=C.N.N.[H-].[H-].[Na+].[Na+]. The first kappa shape index (κ1) is 48.0. The number of rotatable bonds is 0. The molecule has 6 N–H and O–H groups in total. The van der Waals surface area contributed by atoms with Crippen molar-refractivity contribution in [3.8, 4) is 0 Å². The van der Waals surface area contributed by atoms with Gasteiger partial charge in [0, 0.05) is 0 Å². The Morgan fingerprint density at radius 1 is 0.833 bits per heavy atom. The largest absolute Gasteiger partial charge is 1.00 e. The summed E-state index contributed by atoms with van der Waals surface area (Å²) in [4.78, 5) is 0. The molecule has 0 aliphatic carbocycles. The van der Waals surface area contributed by atoms with E-state index in [1.54, 1.807) is 0 Å². The molecule has 0 radical (unpaired) electrons. The fourth-order valence-electron chi connectivity index (χ4n) is 0. The van der Waals surface area contributed by atoms with E-state index in [9.17, 15) is 0 Å². The minimum atomic E-state index is 0. The second kappa shape index (κ2) is 77.4. The third kappa shape index (κ3) is 44.6. The Labute approximate surface area is 86.5 Å². The van der Waals surface area contributed by atoms with E-state index in [-0.39, 0.29) is 74.3 Å². The molecule has 2 nitrogen and oxygen atoms in total. The molecule has 0 aliphatic rings. The van der Waals surface area contributed by atoms with Crippen molar-refractivity contribution < 1.29 is 62.0 Å². The fourth-order valence-corrected chi connectivity index (χ4v) is 0. The van der Waals surface area contributed by atoms with Crippen LogP contribution in [0.15, 0.2) is 13.2 Å². The Kier molecular flexibility index (Phi) is 620. The van der Waals surface area contributed by atoms with Gasteiger partial charge in [0.2, 0.25) is 0 Å². The van der Waals surface area contributed by atoms with Crippen LogP contribution in [-0.2, 0) is 0 Å². The molecule has 0 rings (SSSR count). The van der Waals surface area contributed by atoms with Crippen LogP contribution in [0.25, 0.3) is 0 Å². The van der Waals surface area contributed by atoms with Gasteiger partial charge in [0.05, 0.1) is 0 Å². The minimum absolute atomic E-state index is 0. The summed E-state index contributed by atoms with van der Waals surface area (Å²) in [5.74, 6) is 0. The summed E-state index contributed by atoms with van der Waals surface area (Å²) in [6.07, 6.45) is 0. The van der Waals surface area contributed by atoms with Gasteiger partial charge in [0.15, 0.2) is 0 Å². The molecule has 0 unspecified atom stereocenters. The molecule has 0 aliphatic heterocycles. The zero-order valence-corrected chi connectivity index (χ0v) is 8.83. The van der Waals surface area contributed by atoms with Crippen LogP contribution in [-0.4, -0.2) is 0 Å². The van der Waals surface area contributed by atoms with Crippen LogP contribution < -0.4 is 71.4 Å². The van der Waals surface area contributed by atoms with Gasteiger partial charge in [-0.05, 0) is 0 Å². The van der Waals surface area contributed by atoms with E-state index in [1.165, 1.54) is 0 Å². The van der Waals surface area contributed by atoms with Gasteiger partial charge in [0.1, 0.15) is 0 Å². The normalized spacial score (nSPS) is 0.667. The van der Waals surface area contributed by atoms with Gasteiger partial charge in [-0.2, -0.15) is 0 Å². The van der Waals surface area contributed by atoms with Crippen LogP contribution in [0.5, 0.6) is 0 Å². The minimum Gasteiger partial charge on any atom is -1.00 e. The third-order valence-electron chi connectivity index (χ3n) is 0. The van der Waals surface area contributed by atoms with Crippen LogP contribution in [0.2, 0.25) is 0 Å². The van der Waals surface area contributed by atoms with Gasteiger partial charge in [-0.15, -0.1) is 13.2 Å². The smallest absolute Gasteiger partial charge is 1.00 e. The van der Waals surface area contributed by atoms with Gasteiger partial charge >= 0.3 is 59.1 Å². The van der Waals surface area contributed by atoms with Crippen molar-refractivity contribution in [2.75, 3.05) is 0 Å². The van der Waals surface area contributed by atoms with Crippen LogP contribution in [0.4, 0.5) is 0 Å². The maximum Gasteiger partial charge on any atom is 1.00 e. The Balaban J connectivity index is -0.000000000333. The van der Waals surface area contributed by atoms with E-state index >= 15 is 0 Å². The maximum atomic E-state index is 3.00. The molecule has 0 saturated carbocycles. The van der Waals surface area contributed by atoms with Crippen LogP contribution in [0.1, 0.15) is 2.85 Å².